The number of nitrogens with zero attached hydrogens (tertiary/aromatic N) is 2. The smallest absolute Gasteiger partial charge is 0.224 e. The highest BCUT2D eigenvalue weighted by molar-refractivity contribution is 6.28. The van der Waals surface area contributed by atoms with E-state index in [1.165, 1.54) is 5.56 Å². The Bertz CT molecular complexity index is 557. The van der Waals surface area contributed by atoms with Crippen LogP contribution < -0.4 is 11.1 Å². The second kappa shape index (κ2) is 5.89. The molecule has 3 N–H and O–H groups in total. The van der Waals surface area contributed by atoms with Crippen LogP contribution in [-0.2, 0) is 0 Å². The SMILES string of the molecule is CCC(Nc1nc(Cl)nc(C)c1N)c1ccccc1. The van der Waals surface area contributed by atoms with Crippen molar-refractivity contribution in [3.63, 3.8) is 0 Å². The first-order valence-corrected chi connectivity index (χ1v) is 6.60. The zero-order valence-corrected chi connectivity index (χ0v) is 11.8. The summed E-state index contributed by atoms with van der Waals surface area (Å²) in [5.74, 6) is 0.591. The Labute approximate surface area is 118 Å². The van der Waals surface area contributed by atoms with Gasteiger partial charge >= 0.3 is 0 Å². The summed E-state index contributed by atoms with van der Waals surface area (Å²) in [6.45, 7) is 3.92. The molecule has 1 atom stereocenters. The van der Waals surface area contributed by atoms with E-state index in [0.29, 0.717) is 17.2 Å². The molecule has 0 amide bonds. The molecule has 2 aromatic rings. The highest BCUT2D eigenvalue weighted by Gasteiger charge is 2.13. The minimum Gasteiger partial charge on any atom is -0.394 e. The predicted octanol–water partition coefficient (Wildman–Crippen LogP) is 3.58. The van der Waals surface area contributed by atoms with Crippen LogP contribution >= 0.6 is 11.6 Å². The molecular weight excluding hydrogens is 260 g/mol. The van der Waals surface area contributed by atoms with Gasteiger partial charge in [0.05, 0.1) is 17.4 Å². The average Bonchev–Trinajstić information content (AvgIpc) is 2.42. The minimum absolute atomic E-state index is 0.147. The molecule has 0 saturated carbocycles. The topological polar surface area (TPSA) is 63.8 Å². The van der Waals surface area contributed by atoms with Crippen molar-refractivity contribution >= 4 is 23.1 Å². The molecule has 1 heterocycles. The van der Waals surface area contributed by atoms with E-state index in [1.807, 2.05) is 25.1 Å². The Morgan fingerprint density at radius 1 is 1.26 bits per heavy atom. The van der Waals surface area contributed by atoms with Crippen LogP contribution in [0.5, 0.6) is 0 Å². The molecule has 2 rings (SSSR count). The van der Waals surface area contributed by atoms with Crippen molar-refractivity contribution in [1.29, 1.82) is 0 Å². The number of anilines is 2. The first kappa shape index (κ1) is 13.6. The maximum Gasteiger partial charge on any atom is 0.224 e. The van der Waals surface area contributed by atoms with Gasteiger partial charge in [-0.15, -0.1) is 0 Å². The summed E-state index contributed by atoms with van der Waals surface area (Å²) in [6, 6.07) is 10.3. The van der Waals surface area contributed by atoms with E-state index in [0.717, 1.165) is 6.42 Å². The van der Waals surface area contributed by atoms with Gasteiger partial charge in [0, 0.05) is 0 Å². The van der Waals surface area contributed by atoms with Gasteiger partial charge in [0.2, 0.25) is 5.28 Å². The second-order valence-corrected chi connectivity index (χ2v) is 4.69. The van der Waals surface area contributed by atoms with Gasteiger partial charge in [0.15, 0.2) is 5.82 Å². The lowest BCUT2D eigenvalue weighted by atomic mass is 10.0. The molecule has 0 spiro atoms. The van der Waals surface area contributed by atoms with Crippen molar-refractivity contribution in [1.82, 2.24) is 9.97 Å². The van der Waals surface area contributed by atoms with Gasteiger partial charge in [0.25, 0.3) is 0 Å². The third-order valence-corrected chi connectivity index (χ3v) is 3.20. The molecule has 1 unspecified atom stereocenters. The van der Waals surface area contributed by atoms with Crippen LogP contribution in [0, 0.1) is 6.92 Å². The first-order chi connectivity index (χ1) is 9.11. The molecular formula is C14H17ClN4. The number of nitrogen functional groups attached to an aromatic ring is 1. The summed E-state index contributed by atoms with van der Waals surface area (Å²) in [6.07, 6.45) is 0.921. The van der Waals surface area contributed by atoms with Gasteiger partial charge in [-0.2, -0.15) is 4.98 Å². The van der Waals surface area contributed by atoms with E-state index >= 15 is 0 Å². The maximum absolute atomic E-state index is 5.99. The number of halogens is 1. The number of aromatic nitrogens is 2. The van der Waals surface area contributed by atoms with Gasteiger partial charge in [-0.1, -0.05) is 37.3 Å². The van der Waals surface area contributed by atoms with Gasteiger partial charge in [-0.25, -0.2) is 4.98 Å². The fourth-order valence-corrected chi connectivity index (χ4v) is 2.14. The van der Waals surface area contributed by atoms with Crippen molar-refractivity contribution in [2.24, 2.45) is 0 Å². The Morgan fingerprint density at radius 3 is 2.58 bits per heavy atom. The molecule has 19 heavy (non-hydrogen) atoms. The van der Waals surface area contributed by atoms with E-state index < -0.39 is 0 Å². The molecule has 1 aromatic heterocycles. The lowest BCUT2D eigenvalue weighted by Gasteiger charge is -2.19. The van der Waals surface area contributed by atoms with Crippen LogP contribution in [0.1, 0.15) is 30.6 Å². The Kier molecular flexibility index (Phi) is 4.22. The number of benzene rings is 1. The number of hydrogen-bond donors (Lipinski definition) is 2. The molecule has 5 heteroatoms. The molecule has 100 valence electrons. The van der Waals surface area contributed by atoms with Gasteiger partial charge < -0.3 is 11.1 Å². The number of nitrogens with one attached hydrogen (secondary N) is 1. The number of aryl methyl sites for hydroxylation is 1. The lowest BCUT2D eigenvalue weighted by Crippen LogP contribution is -2.13. The molecule has 1 aromatic carbocycles. The molecule has 0 aliphatic rings. The molecule has 0 aliphatic heterocycles. The van der Waals surface area contributed by atoms with Gasteiger partial charge in [-0.3, -0.25) is 0 Å². The molecule has 4 nitrogen and oxygen atoms in total. The Morgan fingerprint density at radius 2 is 1.95 bits per heavy atom. The average molecular weight is 277 g/mol. The fraction of sp³-hybridized carbons (Fsp3) is 0.286. The van der Waals surface area contributed by atoms with E-state index in [9.17, 15) is 0 Å². The van der Waals surface area contributed by atoms with E-state index in [-0.39, 0.29) is 11.3 Å². The zero-order chi connectivity index (χ0) is 13.8. The van der Waals surface area contributed by atoms with Crippen molar-refractivity contribution in [2.75, 3.05) is 11.1 Å². The molecule has 0 bridgehead atoms. The molecule has 0 fully saturated rings. The van der Waals surface area contributed by atoms with Crippen LogP contribution in [0.2, 0.25) is 5.28 Å². The van der Waals surface area contributed by atoms with Crippen molar-refractivity contribution in [3.05, 3.63) is 46.9 Å². The maximum atomic E-state index is 5.99. The number of rotatable bonds is 4. The van der Waals surface area contributed by atoms with E-state index in [4.69, 9.17) is 17.3 Å². The summed E-state index contributed by atoms with van der Waals surface area (Å²) < 4.78 is 0. The van der Waals surface area contributed by atoms with Gasteiger partial charge in [0.1, 0.15) is 0 Å². The minimum atomic E-state index is 0.147. The molecule has 0 radical (unpaired) electrons. The highest BCUT2D eigenvalue weighted by Crippen LogP contribution is 2.27. The van der Waals surface area contributed by atoms with Crippen LogP contribution in [0.15, 0.2) is 30.3 Å². The zero-order valence-electron chi connectivity index (χ0n) is 11.0. The van der Waals surface area contributed by atoms with Crippen molar-refractivity contribution < 1.29 is 0 Å². The standard InChI is InChI=1S/C14H17ClN4/c1-3-11(10-7-5-4-6-8-10)18-13-12(16)9(2)17-14(15)19-13/h4-8,11H,3,16H2,1-2H3,(H,17,18,19). The van der Waals surface area contributed by atoms with Crippen LogP contribution in [0.3, 0.4) is 0 Å². The quantitative estimate of drug-likeness (QED) is 0.838. The lowest BCUT2D eigenvalue weighted by molar-refractivity contribution is 0.744. The summed E-state index contributed by atoms with van der Waals surface area (Å²) in [4.78, 5) is 8.19. The highest BCUT2D eigenvalue weighted by atomic mass is 35.5. The monoisotopic (exact) mass is 276 g/mol. The molecule has 0 aliphatic carbocycles. The third kappa shape index (κ3) is 3.15. The largest absolute Gasteiger partial charge is 0.394 e. The second-order valence-electron chi connectivity index (χ2n) is 4.36. The first-order valence-electron chi connectivity index (χ1n) is 6.23. The summed E-state index contributed by atoms with van der Waals surface area (Å²) in [5, 5.41) is 3.54. The van der Waals surface area contributed by atoms with Crippen molar-refractivity contribution in [2.45, 2.75) is 26.3 Å². The summed E-state index contributed by atoms with van der Waals surface area (Å²) in [5.41, 5.74) is 8.40. The van der Waals surface area contributed by atoms with Gasteiger partial charge in [-0.05, 0) is 30.5 Å². The normalized spacial score (nSPS) is 12.2. The van der Waals surface area contributed by atoms with Crippen LogP contribution in [0.4, 0.5) is 11.5 Å². The van der Waals surface area contributed by atoms with E-state index in [1.54, 1.807) is 0 Å². The fourth-order valence-electron chi connectivity index (χ4n) is 1.93. The Balaban J connectivity index is 2.29. The van der Waals surface area contributed by atoms with E-state index in [2.05, 4.69) is 34.3 Å². The van der Waals surface area contributed by atoms with Crippen LogP contribution in [-0.4, -0.2) is 9.97 Å². The van der Waals surface area contributed by atoms with Crippen LogP contribution in [0.25, 0.3) is 0 Å². The van der Waals surface area contributed by atoms with Crippen molar-refractivity contribution in [3.8, 4) is 0 Å². The third-order valence-electron chi connectivity index (χ3n) is 3.03. The molecule has 0 saturated heterocycles. The summed E-state index contributed by atoms with van der Waals surface area (Å²) >= 11 is 5.88. The summed E-state index contributed by atoms with van der Waals surface area (Å²) in [7, 11) is 0. The number of nitrogens with two attached hydrogens (primary N) is 1. The number of hydrogen-bond acceptors (Lipinski definition) is 4. The predicted molar refractivity (Wildman–Crippen MR) is 79.3 cm³/mol. The Hall–Kier alpha value is -1.81.